The third-order valence-electron chi connectivity index (χ3n) is 2.27. The molecule has 1 aromatic carbocycles. The molecule has 0 fully saturated rings. The van der Waals surface area contributed by atoms with Crippen LogP contribution in [0.1, 0.15) is 10.4 Å². The quantitative estimate of drug-likeness (QED) is 0.455. The Hall–Kier alpha value is -2.36. The average Bonchev–Trinajstić information content (AvgIpc) is 2.36. The smallest absolute Gasteiger partial charge is 0.411 e. The number of carboxylic acids is 1. The second-order valence-electron chi connectivity index (χ2n) is 3.89. The number of rotatable bonds is 7. The number of aromatic carboxylic acids is 1. The van der Waals surface area contributed by atoms with Crippen LogP contribution >= 0.6 is 0 Å². The first kappa shape index (κ1) is 16.7. The molecule has 7 nitrogen and oxygen atoms in total. The Morgan fingerprint density at radius 3 is 2.62 bits per heavy atom. The standard InChI is InChI=1S/C11H11F3N2O5/c12-11(13,14)6-21-4-3-15-8-5-7(10(17)18)1-2-9(8)16(19)20/h1-2,5,15H,3-4,6H2,(H,17,18). The summed E-state index contributed by atoms with van der Waals surface area (Å²) in [6.07, 6.45) is -4.45. The molecular weight excluding hydrogens is 297 g/mol. The van der Waals surface area contributed by atoms with E-state index in [-0.39, 0.29) is 30.1 Å². The second kappa shape index (κ2) is 6.88. The molecule has 116 valence electrons. The van der Waals surface area contributed by atoms with Gasteiger partial charge in [0.25, 0.3) is 5.69 Å². The van der Waals surface area contributed by atoms with E-state index in [0.717, 1.165) is 18.2 Å². The predicted octanol–water partition coefficient (Wildman–Crippen LogP) is 2.28. The van der Waals surface area contributed by atoms with Crippen LogP contribution in [0.15, 0.2) is 18.2 Å². The minimum atomic E-state index is -4.45. The Kier molecular flexibility index (Phi) is 5.47. The highest BCUT2D eigenvalue weighted by Crippen LogP contribution is 2.25. The van der Waals surface area contributed by atoms with Gasteiger partial charge in [-0.15, -0.1) is 0 Å². The van der Waals surface area contributed by atoms with Crippen LogP contribution in [0.4, 0.5) is 24.5 Å². The Bertz CT molecular complexity index is 533. The van der Waals surface area contributed by atoms with Crippen molar-refractivity contribution in [2.24, 2.45) is 0 Å². The molecule has 0 saturated carbocycles. The van der Waals surface area contributed by atoms with Crippen molar-refractivity contribution in [3.05, 3.63) is 33.9 Å². The predicted molar refractivity (Wildman–Crippen MR) is 65.4 cm³/mol. The maximum Gasteiger partial charge on any atom is 0.411 e. The van der Waals surface area contributed by atoms with Crippen LogP contribution in [0.3, 0.4) is 0 Å². The highest BCUT2D eigenvalue weighted by molar-refractivity contribution is 5.90. The Balaban J connectivity index is 2.66. The number of nitrogens with zero attached hydrogens (tertiary/aromatic N) is 1. The van der Waals surface area contributed by atoms with Crippen molar-refractivity contribution in [3.8, 4) is 0 Å². The molecule has 0 heterocycles. The summed E-state index contributed by atoms with van der Waals surface area (Å²) in [6.45, 7) is -1.90. The number of hydrogen-bond acceptors (Lipinski definition) is 5. The zero-order valence-electron chi connectivity index (χ0n) is 10.5. The maximum absolute atomic E-state index is 11.8. The van der Waals surface area contributed by atoms with Crippen LogP contribution in [-0.4, -0.2) is 41.9 Å². The highest BCUT2D eigenvalue weighted by Gasteiger charge is 2.27. The first-order valence-corrected chi connectivity index (χ1v) is 5.61. The van der Waals surface area contributed by atoms with Gasteiger partial charge in [0, 0.05) is 12.6 Å². The van der Waals surface area contributed by atoms with Gasteiger partial charge in [-0.05, 0) is 12.1 Å². The summed E-state index contributed by atoms with van der Waals surface area (Å²) < 4.78 is 39.8. The zero-order chi connectivity index (χ0) is 16.0. The van der Waals surface area contributed by atoms with Gasteiger partial charge >= 0.3 is 12.1 Å². The summed E-state index contributed by atoms with van der Waals surface area (Å²) in [5.41, 5.74) is -0.661. The van der Waals surface area contributed by atoms with Gasteiger partial charge in [0.05, 0.1) is 17.1 Å². The summed E-state index contributed by atoms with van der Waals surface area (Å²) in [5.74, 6) is -1.28. The van der Waals surface area contributed by atoms with Crippen LogP contribution in [0.25, 0.3) is 0 Å². The first-order chi connectivity index (χ1) is 9.70. The van der Waals surface area contributed by atoms with E-state index in [2.05, 4.69) is 10.1 Å². The molecule has 0 aliphatic rings. The van der Waals surface area contributed by atoms with E-state index < -0.39 is 23.7 Å². The van der Waals surface area contributed by atoms with Gasteiger partial charge in [-0.25, -0.2) is 4.79 Å². The number of nitro benzene ring substituents is 1. The summed E-state index contributed by atoms with van der Waals surface area (Å²) >= 11 is 0. The van der Waals surface area contributed by atoms with E-state index in [1.54, 1.807) is 0 Å². The van der Waals surface area contributed by atoms with Crippen molar-refractivity contribution in [1.82, 2.24) is 0 Å². The summed E-state index contributed by atoms with van der Waals surface area (Å²) in [6, 6.07) is 3.10. The van der Waals surface area contributed by atoms with Crippen LogP contribution in [0.2, 0.25) is 0 Å². The summed E-state index contributed by atoms with van der Waals surface area (Å²) in [4.78, 5) is 20.8. The van der Waals surface area contributed by atoms with Crippen LogP contribution in [0, 0.1) is 10.1 Å². The lowest BCUT2D eigenvalue weighted by Crippen LogP contribution is -2.20. The molecule has 21 heavy (non-hydrogen) atoms. The monoisotopic (exact) mass is 308 g/mol. The fourth-order valence-electron chi connectivity index (χ4n) is 1.42. The third kappa shape index (κ3) is 5.65. The Morgan fingerprint density at radius 2 is 2.10 bits per heavy atom. The normalized spacial score (nSPS) is 11.2. The number of hydrogen-bond donors (Lipinski definition) is 2. The van der Waals surface area contributed by atoms with Crippen molar-refractivity contribution in [3.63, 3.8) is 0 Å². The van der Waals surface area contributed by atoms with E-state index in [1.807, 2.05) is 0 Å². The lowest BCUT2D eigenvalue weighted by Gasteiger charge is -2.10. The maximum atomic E-state index is 11.8. The van der Waals surface area contributed by atoms with Crippen LogP contribution in [-0.2, 0) is 4.74 Å². The molecule has 1 rings (SSSR count). The number of carbonyl (C=O) groups is 1. The van der Waals surface area contributed by atoms with E-state index >= 15 is 0 Å². The SMILES string of the molecule is O=C(O)c1ccc([N+](=O)[O-])c(NCCOCC(F)(F)F)c1. The number of alkyl halides is 3. The molecule has 0 unspecified atom stereocenters. The van der Waals surface area contributed by atoms with Gasteiger partial charge < -0.3 is 15.2 Å². The minimum absolute atomic E-state index is 0.101. The van der Waals surface area contributed by atoms with Crippen molar-refractivity contribution in [2.45, 2.75) is 6.18 Å². The molecule has 0 spiro atoms. The van der Waals surface area contributed by atoms with E-state index in [0.29, 0.717) is 0 Å². The largest absolute Gasteiger partial charge is 0.478 e. The Labute approximate surface area is 116 Å². The minimum Gasteiger partial charge on any atom is -0.478 e. The molecule has 0 bridgehead atoms. The molecule has 0 aliphatic heterocycles. The number of benzene rings is 1. The van der Waals surface area contributed by atoms with Gasteiger partial charge in [-0.2, -0.15) is 13.2 Å². The molecule has 1 aromatic rings. The topological polar surface area (TPSA) is 102 Å². The molecule has 0 radical (unpaired) electrons. The number of nitrogens with one attached hydrogen (secondary N) is 1. The van der Waals surface area contributed by atoms with Gasteiger partial charge in [0.2, 0.25) is 0 Å². The van der Waals surface area contributed by atoms with Crippen molar-refractivity contribution >= 4 is 17.3 Å². The Morgan fingerprint density at radius 1 is 1.43 bits per heavy atom. The molecule has 0 saturated heterocycles. The number of halogens is 3. The van der Waals surface area contributed by atoms with Gasteiger partial charge in [-0.3, -0.25) is 10.1 Å². The zero-order valence-corrected chi connectivity index (χ0v) is 10.5. The van der Waals surface area contributed by atoms with Crippen molar-refractivity contribution in [1.29, 1.82) is 0 Å². The van der Waals surface area contributed by atoms with Crippen molar-refractivity contribution in [2.75, 3.05) is 25.1 Å². The van der Waals surface area contributed by atoms with E-state index in [9.17, 15) is 28.1 Å². The van der Waals surface area contributed by atoms with E-state index in [1.165, 1.54) is 0 Å². The molecular formula is C11H11F3N2O5. The number of nitro groups is 1. The first-order valence-electron chi connectivity index (χ1n) is 5.61. The van der Waals surface area contributed by atoms with Gasteiger partial charge in [-0.1, -0.05) is 0 Å². The van der Waals surface area contributed by atoms with Crippen LogP contribution in [0.5, 0.6) is 0 Å². The molecule has 0 aliphatic carbocycles. The number of anilines is 1. The molecule has 2 N–H and O–H groups in total. The highest BCUT2D eigenvalue weighted by atomic mass is 19.4. The number of carboxylic acid groups (broad SMARTS) is 1. The summed E-state index contributed by atoms with van der Waals surface area (Å²) in [7, 11) is 0. The van der Waals surface area contributed by atoms with Gasteiger partial charge in [0.1, 0.15) is 12.3 Å². The third-order valence-corrected chi connectivity index (χ3v) is 2.27. The number of ether oxygens (including phenoxy) is 1. The fourth-order valence-corrected chi connectivity index (χ4v) is 1.42. The van der Waals surface area contributed by atoms with Crippen LogP contribution < -0.4 is 5.32 Å². The molecule has 0 aromatic heterocycles. The average molecular weight is 308 g/mol. The van der Waals surface area contributed by atoms with E-state index in [4.69, 9.17) is 5.11 Å². The lowest BCUT2D eigenvalue weighted by molar-refractivity contribution is -0.384. The summed E-state index contributed by atoms with van der Waals surface area (Å²) in [5, 5.41) is 22.0. The lowest BCUT2D eigenvalue weighted by atomic mass is 10.1. The molecule has 0 atom stereocenters. The second-order valence-corrected chi connectivity index (χ2v) is 3.89. The molecule has 0 amide bonds. The molecule has 10 heteroatoms. The van der Waals surface area contributed by atoms with Gasteiger partial charge in [0.15, 0.2) is 0 Å². The van der Waals surface area contributed by atoms with Crippen molar-refractivity contribution < 1.29 is 32.7 Å². The fraction of sp³-hybridized carbons (Fsp3) is 0.364.